The van der Waals surface area contributed by atoms with Crippen molar-refractivity contribution < 1.29 is 23.8 Å². The number of carbonyl (C=O) groups excluding carboxylic acids is 2. The molecule has 2 aromatic carbocycles. The lowest BCUT2D eigenvalue weighted by molar-refractivity contribution is -0.142. The zero-order chi connectivity index (χ0) is 19.9. The van der Waals surface area contributed by atoms with E-state index in [0.717, 1.165) is 22.3 Å². The molecule has 1 heterocycles. The molecule has 0 spiro atoms. The number of hydrogen-bond acceptors (Lipinski definition) is 5. The van der Waals surface area contributed by atoms with E-state index in [1.165, 1.54) is 0 Å². The van der Waals surface area contributed by atoms with Gasteiger partial charge in [-0.1, -0.05) is 18.2 Å². The molecule has 0 saturated carbocycles. The van der Waals surface area contributed by atoms with Crippen molar-refractivity contribution in [3.63, 3.8) is 0 Å². The summed E-state index contributed by atoms with van der Waals surface area (Å²) in [6.45, 7) is 1.96. The van der Waals surface area contributed by atoms with Gasteiger partial charge in [0.15, 0.2) is 6.61 Å². The molecule has 0 saturated heterocycles. The van der Waals surface area contributed by atoms with Gasteiger partial charge in [0.25, 0.3) is 0 Å². The molecule has 3 rings (SSSR count). The summed E-state index contributed by atoms with van der Waals surface area (Å²) in [5.41, 5.74) is 2.24. The first kappa shape index (κ1) is 19.5. The second-order valence-electron chi connectivity index (χ2n) is 6.38. The molecule has 0 amide bonds. The highest BCUT2D eigenvalue weighted by Crippen LogP contribution is 2.22. The van der Waals surface area contributed by atoms with Gasteiger partial charge in [0, 0.05) is 28.6 Å². The number of nitrogens with one attached hydrogen (secondary N) is 1. The molecular formula is C22H23NO5. The van der Waals surface area contributed by atoms with E-state index in [9.17, 15) is 9.59 Å². The lowest BCUT2D eigenvalue weighted by Crippen LogP contribution is -2.15. The first-order chi connectivity index (χ1) is 13.6. The molecule has 28 heavy (non-hydrogen) atoms. The van der Waals surface area contributed by atoms with Crippen LogP contribution in [0.25, 0.3) is 10.9 Å². The Balaban J connectivity index is 1.42. The topological polar surface area (TPSA) is 77.6 Å². The molecule has 0 bridgehead atoms. The Kier molecular flexibility index (Phi) is 6.32. The molecule has 3 aromatic rings. The van der Waals surface area contributed by atoms with Gasteiger partial charge in [0.2, 0.25) is 5.78 Å². The largest absolute Gasteiger partial charge is 0.497 e. The number of benzene rings is 2. The minimum absolute atomic E-state index is 0.191. The number of H-pyrrole nitrogens is 1. The average Bonchev–Trinajstić information content (AvgIpc) is 3.05. The Morgan fingerprint density at radius 1 is 1.00 bits per heavy atom. The number of para-hydroxylation sites is 1. The number of ether oxygens (including phenoxy) is 3. The van der Waals surface area contributed by atoms with E-state index in [1.54, 1.807) is 19.2 Å². The Bertz CT molecular complexity index is 959. The lowest BCUT2D eigenvalue weighted by atomic mass is 10.1. The molecule has 6 heteroatoms. The van der Waals surface area contributed by atoms with Crippen molar-refractivity contribution in [1.29, 1.82) is 0 Å². The number of fused-ring (bicyclic) bond motifs is 1. The van der Waals surface area contributed by atoms with Gasteiger partial charge >= 0.3 is 5.97 Å². The summed E-state index contributed by atoms with van der Waals surface area (Å²) in [6, 6.07) is 14.8. The van der Waals surface area contributed by atoms with Gasteiger partial charge in [-0.15, -0.1) is 0 Å². The van der Waals surface area contributed by atoms with Gasteiger partial charge in [0.1, 0.15) is 11.5 Å². The van der Waals surface area contributed by atoms with Gasteiger partial charge in [-0.25, -0.2) is 0 Å². The van der Waals surface area contributed by atoms with Crippen LogP contribution in [0.5, 0.6) is 11.5 Å². The second kappa shape index (κ2) is 9.08. The van der Waals surface area contributed by atoms with Crippen LogP contribution in [0.1, 0.15) is 28.9 Å². The summed E-state index contributed by atoms with van der Waals surface area (Å²) < 4.78 is 15.8. The molecule has 0 aliphatic carbocycles. The number of ketones is 1. The first-order valence-corrected chi connectivity index (χ1v) is 9.11. The average molecular weight is 381 g/mol. The number of esters is 1. The highest BCUT2D eigenvalue weighted by atomic mass is 16.5. The van der Waals surface area contributed by atoms with Crippen LogP contribution in [0, 0.1) is 6.92 Å². The molecular weight excluding hydrogens is 358 g/mol. The fraction of sp³-hybridized carbons (Fsp3) is 0.273. The van der Waals surface area contributed by atoms with Crippen LogP contribution < -0.4 is 9.47 Å². The van der Waals surface area contributed by atoms with Crippen LogP contribution in [0.2, 0.25) is 0 Å². The molecule has 0 aliphatic rings. The summed E-state index contributed by atoms with van der Waals surface area (Å²) in [6.07, 6.45) is 0.696. The third kappa shape index (κ3) is 4.71. The first-order valence-electron chi connectivity index (χ1n) is 9.11. The summed E-state index contributed by atoms with van der Waals surface area (Å²) in [5, 5.41) is 0.842. The Morgan fingerprint density at radius 3 is 2.46 bits per heavy atom. The normalized spacial score (nSPS) is 10.6. The van der Waals surface area contributed by atoms with E-state index in [1.807, 2.05) is 43.3 Å². The standard InChI is InChI=1S/C22H23NO5/c1-15-22(18-6-3-4-7-19(18)23-15)20(24)14-28-21(25)8-5-13-27-17-11-9-16(26-2)10-12-17/h3-4,6-7,9-12,23H,5,8,13-14H2,1-2H3. The highest BCUT2D eigenvalue weighted by molar-refractivity contribution is 6.10. The van der Waals surface area contributed by atoms with Crippen molar-refractivity contribution in [3.8, 4) is 11.5 Å². The van der Waals surface area contributed by atoms with Gasteiger partial charge in [-0.2, -0.15) is 0 Å². The fourth-order valence-electron chi connectivity index (χ4n) is 3.00. The molecule has 146 valence electrons. The number of aromatic nitrogens is 1. The Labute approximate surface area is 163 Å². The summed E-state index contributed by atoms with van der Waals surface area (Å²) in [4.78, 5) is 27.6. The van der Waals surface area contributed by atoms with Crippen LogP contribution in [0.4, 0.5) is 0 Å². The van der Waals surface area contributed by atoms with Gasteiger partial charge in [-0.3, -0.25) is 9.59 Å². The van der Waals surface area contributed by atoms with Crippen molar-refractivity contribution >= 4 is 22.7 Å². The van der Waals surface area contributed by atoms with E-state index >= 15 is 0 Å². The van der Waals surface area contributed by atoms with E-state index in [-0.39, 0.29) is 18.8 Å². The maximum absolute atomic E-state index is 12.5. The second-order valence-corrected chi connectivity index (χ2v) is 6.38. The van der Waals surface area contributed by atoms with Crippen molar-refractivity contribution in [2.75, 3.05) is 20.3 Å². The number of carbonyl (C=O) groups is 2. The molecule has 0 aliphatic heterocycles. The molecule has 0 radical (unpaired) electrons. The summed E-state index contributed by atoms with van der Waals surface area (Å²) >= 11 is 0. The highest BCUT2D eigenvalue weighted by Gasteiger charge is 2.17. The molecule has 1 N–H and O–H groups in total. The molecule has 0 fully saturated rings. The molecule has 0 unspecified atom stereocenters. The van der Waals surface area contributed by atoms with E-state index in [2.05, 4.69) is 4.98 Å². The van der Waals surface area contributed by atoms with Crippen molar-refractivity contribution in [3.05, 3.63) is 59.8 Å². The van der Waals surface area contributed by atoms with Crippen molar-refractivity contribution in [1.82, 2.24) is 4.98 Å². The van der Waals surface area contributed by atoms with Crippen LogP contribution in [-0.2, 0) is 9.53 Å². The van der Waals surface area contributed by atoms with Crippen LogP contribution in [0.15, 0.2) is 48.5 Å². The quantitative estimate of drug-likeness (QED) is 0.343. The lowest BCUT2D eigenvalue weighted by Gasteiger charge is -2.07. The van der Waals surface area contributed by atoms with Crippen molar-refractivity contribution in [2.45, 2.75) is 19.8 Å². The predicted octanol–water partition coefficient (Wildman–Crippen LogP) is 4.07. The van der Waals surface area contributed by atoms with Crippen LogP contribution in [-0.4, -0.2) is 37.1 Å². The maximum Gasteiger partial charge on any atom is 0.306 e. The number of hydrogen-bond donors (Lipinski definition) is 1. The number of aromatic amines is 1. The molecule has 0 atom stereocenters. The Morgan fingerprint density at radius 2 is 1.71 bits per heavy atom. The molecule has 6 nitrogen and oxygen atoms in total. The monoisotopic (exact) mass is 381 g/mol. The fourth-order valence-corrected chi connectivity index (χ4v) is 3.00. The number of Topliss-reactive ketones (excluding diaryl/α,β-unsaturated/α-hetero) is 1. The predicted molar refractivity (Wildman–Crippen MR) is 106 cm³/mol. The van der Waals surface area contributed by atoms with Gasteiger partial charge < -0.3 is 19.2 Å². The maximum atomic E-state index is 12.5. The van der Waals surface area contributed by atoms with E-state index in [4.69, 9.17) is 14.2 Å². The summed E-state index contributed by atoms with van der Waals surface area (Å²) in [5.74, 6) is 0.840. The van der Waals surface area contributed by atoms with Crippen LogP contribution in [0.3, 0.4) is 0 Å². The number of aryl methyl sites for hydroxylation is 1. The van der Waals surface area contributed by atoms with Crippen molar-refractivity contribution in [2.24, 2.45) is 0 Å². The third-order valence-electron chi connectivity index (χ3n) is 4.39. The Hall–Kier alpha value is -3.28. The minimum Gasteiger partial charge on any atom is -0.497 e. The number of rotatable bonds is 9. The van der Waals surface area contributed by atoms with E-state index < -0.39 is 5.97 Å². The van der Waals surface area contributed by atoms with E-state index in [0.29, 0.717) is 24.3 Å². The van der Waals surface area contributed by atoms with Gasteiger partial charge in [0.05, 0.1) is 13.7 Å². The smallest absolute Gasteiger partial charge is 0.306 e. The SMILES string of the molecule is COc1ccc(OCCCC(=O)OCC(=O)c2c(C)[nH]c3ccccc23)cc1. The molecule has 1 aromatic heterocycles. The van der Waals surface area contributed by atoms with Gasteiger partial charge in [-0.05, 0) is 43.7 Å². The zero-order valence-corrected chi connectivity index (χ0v) is 16.0. The van der Waals surface area contributed by atoms with Crippen LogP contribution >= 0.6 is 0 Å². The number of methoxy groups -OCH3 is 1. The zero-order valence-electron chi connectivity index (χ0n) is 16.0. The minimum atomic E-state index is -0.413. The third-order valence-corrected chi connectivity index (χ3v) is 4.39. The summed E-state index contributed by atoms with van der Waals surface area (Å²) in [7, 11) is 1.60.